The van der Waals surface area contributed by atoms with Gasteiger partial charge in [0.2, 0.25) is 0 Å². The van der Waals surface area contributed by atoms with Crippen LogP contribution in [-0.4, -0.2) is 54.2 Å². The maximum atomic E-state index is 5.52. The fraction of sp³-hybridized carbons (Fsp3) is 0.769. The van der Waals surface area contributed by atoms with Gasteiger partial charge in [0.1, 0.15) is 0 Å². The van der Waals surface area contributed by atoms with E-state index in [1.54, 1.807) is 7.11 Å². The van der Waals surface area contributed by atoms with Gasteiger partial charge in [-0.3, -0.25) is 9.58 Å². The Balaban J connectivity index is 1.78. The molecule has 0 unspecified atom stereocenters. The van der Waals surface area contributed by atoms with Gasteiger partial charge < -0.3 is 9.47 Å². The molecule has 5 nitrogen and oxygen atoms in total. The molecule has 0 bridgehead atoms. The summed E-state index contributed by atoms with van der Waals surface area (Å²) in [6.45, 7) is 5.58. The summed E-state index contributed by atoms with van der Waals surface area (Å²) >= 11 is 0. The van der Waals surface area contributed by atoms with Crippen LogP contribution < -0.4 is 0 Å². The van der Waals surface area contributed by atoms with Gasteiger partial charge in [-0.05, 0) is 12.5 Å². The van der Waals surface area contributed by atoms with E-state index in [-0.39, 0.29) is 0 Å². The van der Waals surface area contributed by atoms with Crippen molar-refractivity contribution in [2.45, 2.75) is 25.6 Å². The maximum Gasteiger partial charge on any atom is 0.0622 e. The minimum Gasteiger partial charge on any atom is -0.384 e. The smallest absolute Gasteiger partial charge is 0.0622 e. The molecule has 2 aliphatic heterocycles. The van der Waals surface area contributed by atoms with E-state index in [9.17, 15) is 0 Å². The van der Waals surface area contributed by atoms with Crippen LogP contribution in [0.25, 0.3) is 0 Å². The van der Waals surface area contributed by atoms with Gasteiger partial charge in [-0.15, -0.1) is 0 Å². The molecule has 2 atom stereocenters. The Labute approximate surface area is 108 Å². The summed E-state index contributed by atoms with van der Waals surface area (Å²) in [7, 11) is 1.78. The minimum atomic E-state index is 0.511. The van der Waals surface area contributed by atoms with Crippen molar-refractivity contribution in [3.63, 3.8) is 0 Å². The first-order valence-corrected chi connectivity index (χ1v) is 6.68. The topological polar surface area (TPSA) is 39.5 Å². The van der Waals surface area contributed by atoms with Gasteiger partial charge in [0, 0.05) is 51.5 Å². The lowest BCUT2D eigenvalue weighted by molar-refractivity contribution is 0.0898. The van der Waals surface area contributed by atoms with Crippen LogP contribution in [-0.2, 0) is 22.6 Å². The van der Waals surface area contributed by atoms with Gasteiger partial charge in [0.25, 0.3) is 0 Å². The molecule has 1 fully saturated rings. The number of hydrogen-bond acceptors (Lipinski definition) is 4. The second kappa shape index (κ2) is 5.38. The van der Waals surface area contributed by atoms with Crippen molar-refractivity contribution in [1.82, 2.24) is 14.7 Å². The zero-order valence-electron chi connectivity index (χ0n) is 10.9. The molecule has 1 aromatic rings. The minimum absolute atomic E-state index is 0.511. The van der Waals surface area contributed by atoms with Gasteiger partial charge in [0.15, 0.2) is 0 Å². The Morgan fingerprint density at radius 2 is 2.44 bits per heavy atom. The zero-order valence-corrected chi connectivity index (χ0v) is 10.9. The second-order valence-corrected chi connectivity index (χ2v) is 5.27. The summed E-state index contributed by atoms with van der Waals surface area (Å²) in [4.78, 5) is 2.54. The molecule has 0 radical (unpaired) electrons. The van der Waals surface area contributed by atoms with E-state index in [1.165, 1.54) is 5.69 Å². The summed E-state index contributed by atoms with van der Waals surface area (Å²) in [6, 6.07) is 2.68. The normalized spacial score (nSPS) is 29.2. The van der Waals surface area contributed by atoms with Gasteiger partial charge >= 0.3 is 0 Å². The number of rotatable bonds is 3. The average Bonchev–Trinajstić information content (AvgIpc) is 2.99. The number of hydrogen-bond donors (Lipinski definition) is 0. The molecule has 1 saturated heterocycles. The molecule has 18 heavy (non-hydrogen) atoms. The Hall–Kier alpha value is -0.910. The van der Waals surface area contributed by atoms with E-state index in [1.807, 2.05) is 6.20 Å². The molecule has 0 amide bonds. The fourth-order valence-corrected chi connectivity index (χ4v) is 2.99. The Morgan fingerprint density at radius 3 is 3.22 bits per heavy atom. The summed E-state index contributed by atoms with van der Waals surface area (Å²) in [5.74, 6) is 0.511. The van der Waals surface area contributed by atoms with E-state index >= 15 is 0 Å². The van der Waals surface area contributed by atoms with Crippen LogP contribution in [0.3, 0.4) is 0 Å². The molecular weight excluding hydrogens is 230 g/mol. The SMILES string of the molecule is COC[C@H]1CN([C@@H]2CCOC2)Cc2ccnn2C1. The average molecular weight is 251 g/mol. The standard InChI is InChI=1S/C13H21N3O2/c1-17-9-11-6-15(13-3-5-18-10-13)8-12-2-4-14-16(12)7-11/h2,4,11,13H,3,5-10H2,1H3/t11-,13+/m0/s1. The Morgan fingerprint density at radius 1 is 1.50 bits per heavy atom. The molecule has 5 heteroatoms. The molecule has 100 valence electrons. The van der Waals surface area contributed by atoms with Crippen molar-refractivity contribution in [3.05, 3.63) is 18.0 Å². The van der Waals surface area contributed by atoms with Gasteiger partial charge in [-0.2, -0.15) is 5.10 Å². The highest BCUT2D eigenvalue weighted by Gasteiger charge is 2.29. The number of ether oxygens (including phenoxy) is 2. The van der Waals surface area contributed by atoms with Crippen molar-refractivity contribution >= 4 is 0 Å². The molecule has 0 aliphatic carbocycles. The van der Waals surface area contributed by atoms with Crippen LogP contribution >= 0.6 is 0 Å². The van der Waals surface area contributed by atoms with Crippen molar-refractivity contribution < 1.29 is 9.47 Å². The molecule has 0 aromatic carbocycles. The molecular formula is C13H21N3O2. The number of methoxy groups -OCH3 is 1. The Bertz CT molecular complexity index is 387. The summed E-state index contributed by atoms with van der Waals surface area (Å²) in [5.41, 5.74) is 1.31. The quantitative estimate of drug-likeness (QED) is 0.795. The zero-order chi connectivity index (χ0) is 12.4. The van der Waals surface area contributed by atoms with E-state index in [4.69, 9.17) is 9.47 Å². The highest BCUT2D eigenvalue weighted by atomic mass is 16.5. The third kappa shape index (κ3) is 2.43. The van der Waals surface area contributed by atoms with E-state index < -0.39 is 0 Å². The number of nitrogens with zero attached hydrogens (tertiary/aromatic N) is 3. The molecule has 3 rings (SSSR count). The lowest BCUT2D eigenvalue weighted by atomic mass is 10.1. The van der Waals surface area contributed by atoms with Crippen molar-refractivity contribution in [2.75, 3.05) is 33.5 Å². The van der Waals surface area contributed by atoms with E-state index in [2.05, 4.69) is 20.7 Å². The third-order valence-electron chi connectivity index (χ3n) is 3.92. The first-order chi connectivity index (χ1) is 8.86. The van der Waals surface area contributed by atoms with Crippen LogP contribution in [0.15, 0.2) is 12.3 Å². The summed E-state index contributed by atoms with van der Waals surface area (Å²) in [5, 5.41) is 4.41. The largest absolute Gasteiger partial charge is 0.384 e. The van der Waals surface area contributed by atoms with Crippen LogP contribution in [0.2, 0.25) is 0 Å². The predicted octanol–water partition coefficient (Wildman–Crippen LogP) is 0.750. The van der Waals surface area contributed by atoms with Crippen LogP contribution in [0, 0.1) is 5.92 Å². The maximum absolute atomic E-state index is 5.52. The number of aromatic nitrogens is 2. The van der Waals surface area contributed by atoms with E-state index in [0.717, 1.165) is 45.9 Å². The highest BCUT2D eigenvalue weighted by Crippen LogP contribution is 2.21. The van der Waals surface area contributed by atoms with Gasteiger partial charge in [0.05, 0.1) is 18.9 Å². The molecule has 3 heterocycles. The number of fused-ring (bicyclic) bond motifs is 1. The molecule has 1 aromatic heterocycles. The predicted molar refractivity (Wildman–Crippen MR) is 67.2 cm³/mol. The molecule has 0 saturated carbocycles. The first kappa shape index (κ1) is 12.1. The van der Waals surface area contributed by atoms with Crippen molar-refractivity contribution in [2.24, 2.45) is 5.92 Å². The molecule has 0 spiro atoms. The lowest BCUT2D eigenvalue weighted by Gasteiger charge is -2.28. The lowest BCUT2D eigenvalue weighted by Crippen LogP contribution is -2.38. The van der Waals surface area contributed by atoms with Crippen molar-refractivity contribution in [1.29, 1.82) is 0 Å². The second-order valence-electron chi connectivity index (χ2n) is 5.27. The molecule has 0 N–H and O–H groups in total. The molecule has 2 aliphatic rings. The van der Waals surface area contributed by atoms with Crippen LogP contribution in [0.1, 0.15) is 12.1 Å². The first-order valence-electron chi connectivity index (χ1n) is 6.68. The van der Waals surface area contributed by atoms with E-state index in [0.29, 0.717) is 12.0 Å². The Kier molecular flexibility index (Phi) is 3.63. The van der Waals surface area contributed by atoms with Crippen LogP contribution in [0.5, 0.6) is 0 Å². The van der Waals surface area contributed by atoms with Crippen molar-refractivity contribution in [3.8, 4) is 0 Å². The fourth-order valence-electron chi connectivity index (χ4n) is 2.99. The summed E-state index contributed by atoms with van der Waals surface area (Å²) < 4.78 is 13.0. The summed E-state index contributed by atoms with van der Waals surface area (Å²) in [6.07, 6.45) is 3.04. The highest BCUT2D eigenvalue weighted by molar-refractivity contribution is 5.03. The van der Waals surface area contributed by atoms with Gasteiger partial charge in [-0.1, -0.05) is 0 Å². The monoisotopic (exact) mass is 251 g/mol. The third-order valence-corrected chi connectivity index (χ3v) is 3.92. The van der Waals surface area contributed by atoms with Gasteiger partial charge in [-0.25, -0.2) is 0 Å². The van der Waals surface area contributed by atoms with Crippen LogP contribution in [0.4, 0.5) is 0 Å².